The van der Waals surface area contributed by atoms with Gasteiger partial charge in [0.05, 0.1) is 13.1 Å². The lowest BCUT2D eigenvalue weighted by Gasteiger charge is -2.36. The Morgan fingerprint density at radius 2 is 1.26 bits per heavy atom. The maximum atomic E-state index is 10.2. The second-order valence-corrected chi connectivity index (χ2v) is 9.75. The van der Waals surface area contributed by atoms with Crippen LogP contribution in [0.2, 0.25) is 0 Å². The number of aliphatic hydroxyl groups is 1. The lowest BCUT2D eigenvalue weighted by molar-refractivity contribution is -0.882. The van der Waals surface area contributed by atoms with Gasteiger partial charge in [0.1, 0.15) is 6.54 Å². The first-order chi connectivity index (χ1) is 15.2. The molecule has 1 rings (SSSR count). The van der Waals surface area contributed by atoms with Crippen LogP contribution in [0, 0.1) is 0 Å². The lowest BCUT2D eigenvalue weighted by atomic mass is 10.0. The second kappa shape index (κ2) is 18.9. The molecule has 0 aromatic carbocycles. The van der Waals surface area contributed by atoms with Gasteiger partial charge in [0.15, 0.2) is 6.23 Å². The van der Waals surface area contributed by atoms with Crippen LogP contribution in [0.3, 0.4) is 0 Å². The van der Waals surface area contributed by atoms with Gasteiger partial charge < -0.3 is 5.11 Å². The van der Waals surface area contributed by atoms with E-state index in [0.29, 0.717) is 0 Å². The number of amidine groups is 1. The topological polar surface area (TPSA) is 32.6 Å². The molecule has 0 saturated carbocycles. The zero-order chi connectivity index (χ0) is 22.6. The van der Waals surface area contributed by atoms with Gasteiger partial charge in [0.2, 0.25) is 5.84 Å². The van der Waals surface area contributed by atoms with Gasteiger partial charge in [-0.25, -0.2) is 4.99 Å². The molecule has 1 heterocycles. The Morgan fingerprint density at radius 3 is 1.74 bits per heavy atom. The molecule has 0 aromatic rings. The number of quaternary nitrogens is 1. The van der Waals surface area contributed by atoms with Crippen molar-refractivity contribution in [2.24, 2.45) is 4.99 Å². The Balaban J connectivity index is 1.83. The first kappa shape index (κ1) is 28.4. The highest BCUT2D eigenvalue weighted by Crippen LogP contribution is 2.23. The van der Waals surface area contributed by atoms with E-state index < -0.39 is 0 Å². The fourth-order valence-electron chi connectivity index (χ4n) is 5.01. The minimum Gasteiger partial charge on any atom is -0.345 e. The number of aliphatic imine (C=N–C) groups is 1. The molecular formula is C28H55N2O+. The second-order valence-electron chi connectivity index (χ2n) is 9.75. The number of likely N-dealkylation sites (N-methyl/N-ethyl adjacent to an activating group) is 1. The molecule has 1 N–H and O–H groups in total. The molecule has 0 amide bonds. The summed E-state index contributed by atoms with van der Waals surface area (Å²) in [5, 5.41) is 10.2. The van der Waals surface area contributed by atoms with Gasteiger partial charge in [-0.2, -0.15) is 0 Å². The van der Waals surface area contributed by atoms with Gasteiger partial charge in [-0.05, 0) is 32.6 Å². The average Bonchev–Trinajstić information content (AvgIpc) is 3.19. The van der Waals surface area contributed by atoms with E-state index in [1.807, 2.05) is 6.92 Å². The van der Waals surface area contributed by atoms with E-state index >= 15 is 0 Å². The van der Waals surface area contributed by atoms with Crippen molar-refractivity contribution in [3.8, 4) is 0 Å². The van der Waals surface area contributed by atoms with E-state index in [1.54, 1.807) is 0 Å². The van der Waals surface area contributed by atoms with Crippen LogP contribution in [-0.4, -0.2) is 41.3 Å². The zero-order valence-corrected chi connectivity index (χ0v) is 21.4. The fraction of sp³-hybridized carbons (Fsp3) is 0.893. The standard InChI is InChI=1S/C28H55N2O/c1-4-6-7-8-9-10-11-12-13-14-15-16-17-18-19-20-21-22-23-24-28-29-25-26-30(28,5-2)27(3)31/h7-8,27,31H,4-6,9-26H2,1-3H3/q+1/b8-7+. The van der Waals surface area contributed by atoms with Gasteiger partial charge in [-0.1, -0.05) is 103 Å². The van der Waals surface area contributed by atoms with E-state index in [1.165, 1.54) is 115 Å². The normalized spacial score (nSPS) is 19.9. The molecule has 0 bridgehead atoms. The van der Waals surface area contributed by atoms with Gasteiger partial charge >= 0.3 is 0 Å². The van der Waals surface area contributed by atoms with Crippen molar-refractivity contribution in [2.45, 2.75) is 143 Å². The molecule has 1 aliphatic rings. The van der Waals surface area contributed by atoms with E-state index in [0.717, 1.165) is 30.5 Å². The summed E-state index contributed by atoms with van der Waals surface area (Å²) in [6.07, 6.45) is 28.9. The molecule has 3 heteroatoms. The molecule has 3 nitrogen and oxygen atoms in total. The Bertz CT molecular complexity index is 472. The predicted molar refractivity (Wildman–Crippen MR) is 138 cm³/mol. The number of hydrogen-bond acceptors (Lipinski definition) is 2. The Kier molecular flexibility index (Phi) is 17.3. The Labute approximate surface area is 195 Å². The Morgan fingerprint density at radius 1 is 0.774 bits per heavy atom. The van der Waals surface area contributed by atoms with Gasteiger partial charge in [0, 0.05) is 13.3 Å². The first-order valence-electron chi connectivity index (χ1n) is 13.9. The number of nitrogens with zero attached hydrogens (tertiary/aromatic N) is 2. The SMILES string of the molecule is CCC/C=C/CCCCCCCCCCCCCCCCC1=NCC[N+]1(CC)C(C)O. The molecule has 2 atom stereocenters. The first-order valence-corrected chi connectivity index (χ1v) is 13.9. The molecule has 1 aliphatic heterocycles. The predicted octanol–water partition coefficient (Wildman–Crippen LogP) is 8.17. The molecule has 182 valence electrons. The van der Waals surface area contributed by atoms with Gasteiger partial charge in [0.25, 0.3) is 0 Å². The van der Waals surface area contributed by atoms with Crippen LogP contribution in [0.4, 0.5) is 0 Å². The van der Waals surface area contributed by atoms with Gasteiger partial charge in [-0.3, -0.25) is 4.48 Å². The van der Waals surface area contributed by atoms with Crippen molar-refractivity contribution in [2.75, 3.05) is 19.6 Å². The third-order valence-corrected chi connectivity index (χ3v) is 7.23. The smallest absolute Gasteiger partial charge is 0.200 e. The number of hydrogen-bond donors (Lipinski definition) is 1. The summed E-state index contributed by atoms with van der Waals surface area (Å²) in [5.74, 6) is 1.25. The zero-order valence-electron chi connectivity index (χ0n) is 21.4. The van der Waals surface area contributed by atoms with E-state index in [-0.39, 0.29) is 6.23 Å². The summed E-state index contributed by atoms with van der Waals surface area (Å²) in [6.45, 7) is 9.20. The molecule has 0 aromatic heterocycles. The molecule has 0 fully saturated rings. The van der Waals surface area contributed by atoms with Crippen LogP contribution in [0.15, 0.2) is 17.1 Å². The van der Waals surface area contributed by atoms with Crippen molar-refractivity contribution in [1.82, 2.24) is 0 Å². The summed E-state index contributed by atoms with van der Waals surface area (Å²) in [5.41, 5.74) is 0. The van der Waals surface area contributed by atoms with E-state index in [9.17, 15) is 5.11 Å². The van der Waals surface area contributed by atoms with Crippen LogP contribution >= 0.6 is 0 Å². The number of allylic oxidation sites excluding steroid dienone is 2. The minimum atomic E-state index is -0.316. The summed E-state index contributed by atoms with van der Waals surface area (Å²) in [4.78, 5) is 4.72. The monoisotopic (exact) mass is 435 g/mol. The highest BCUT2D eigenvalue weighted by molar-refractivity contribution is 5.76. The largest absolute Gasteiger partial charge is 0.345 e. The Hall–Kier alpha value is -0.670. The quantitative estimate of drug-likeness (QED) is 0.110. The third-order valence-electron chi connectivity index (χ3n) is 7.23. The van der Waals surface area contributed by atoms with E-state index in [4.69, 9.17) is 4.99 Å². The third kappa shape index (κ3) is 12.2. The van der Waals surface area contributed by atoms with E-state index in [2.05, 4.69) is 26.0 Å². The molecule has 0 spiro atoms. The molecule has 0 radical (unpaired) electrons. The maximum Gasteiger partial charge on any atom is 0.200 e. The average molecular weight is 436 g/mol. The lowest BCUT2D eigenvalue weighted by Crippen LogP contribution is -2.56. The van der Waals surface area contributed by atoms with Crippen molar-refractivity contribution in [3.63, 3.8) is 0 Å². The summed E-state index contributed by atoms with van der Waals surface area (Å²) >= 11 is 0. The summed E-state index contributed by atoms with van der Waals surface area (Å²) in [7, 11) is 0. The fourth-order valence-corrected chi connectivity index (χ4v) is 5.01. The van der Waals surface area contributed by atoms with Crippen LogP contribution in [-0.2, 0) is 0 Å². The highest BCUT2D eigenvalue weighted by Gasteiger charge is 2.40. The summed E-state index contributed by atoms with van der Waals surface area (Å²) in [6, 6.07) is 0. The van der Waals surface area contributed by atoms with Crippen LogP contribution in [0.25, 0.3) is 0 Å². The highest BCUT2D eigenvalue weighted by atomic mass is 16.3. The van der Waals surface area contributed by atoms with Gasteiger partial charge in [-0.15, -0.1) is 0 Å². The van der Waals surface area contributed by atoms with Crippen LogP contribution < -0.4 is 0 Å². The molecule has 0 saturated heterocycles. The molecule has 2 unspecified atom stereocenters. The van der Waals surface area contributed by atoms with Crippen molar-refractivity contribution in [1.29, 1.82) is 0 Å². The number of rotatable bonds is 21. The molecule has 31 heavy (non-hydrogen) atoms. The summed E-state index contributed by atoms with van der Waals surface area (Å²) < 4.78 is 0.719. The maximum absolute atomic E-state index is 10.2. The van der Waals surface area contributed by atoms with Crippen molar-refractivity contribution >= 4 is 5.84 Å². The minimum absolute atomic E-state index is 0.316. The number of aliphatic hydroxyl groups excluding tert-OH is 1. The molecular weight excluding hydrogens is 380 g/mol. The molecule has 0 aliphatic carbocycles. The number of unbranched alkanes of at least 4 members (excludes halogenated alkanes) is 15. The van der Waals surface area contributed by atoms with Crippen molar-refractivity contribution in [3.05, 3.63) is 12.2 Å². The van der Waals surface area contributed by atoms with Crippen LogP contribution in [0.5, 0.6) is 0 Å². The van der Waals surface area contributed by atoms with Crippen LogP contribution in [0.1, 0.15) is 136 Å². The van der Waals surface area contributed by atoms with Crippen molar-refractivity contribution < 1.29 is 9.59 Å².